The summed E-state index contributed by atoms with van der Waals surface area (Å²) in [5.74, 6) is -0.577. The number of hydrogen-bond acceptors (Lipinski definition) is 12. The van der Waals surface area contributed by atoms with Gasteiger partial charge in [0.05, 0.1) is 19.5 Å². The molecule has 1 fully saturated rings. The first-order chi connectivity index (χ1) is 19.4. The number of nitrogen functional groups attached to an aromatic ring is 1. The van der Waals surface area contributed by atoms with Crippen LogP contribution in [0.3, 0.4) is 0 Å². The van der Waals surface area contributed by atoms with E-state index < -0.39 is 56.1 Å². The molecule has 0 bridgehead atoms. The van der Waals surface area contributed by atoms with Crippen LogP contribution in [-0.2, 0) is 23.4 Å². The van der Waals surface area contributed by atoms with Crippen molar-refractivity contribution in [1.29, 1.82) is 0 Å². The zero-order valence-corrected chi connectivity index (χ0v) is 23.8. The van der Waals surface area contributed by atoms with Gasteiger partial charge in [-0.05, 0) is 26.0 Å². The van der Waals surface area contributed by atoms with Gasteiger partial charge in [-0.3, -0.25) is 13.9 Å². The average molecular weight is 620 g/mol. The molecule has 0 spiro atoms. The van der Waals surface area contributed by atoms with Gasteiger partial charge in [0, 0.05) is 7.05 Å². The van der Waals surface area contributed by atoms with Crippen molar-refractivity contribution in [3.8, 4) is 5.75 Å². The van der Waals surface area contributed by atoms with Gasteiger partial charge in [-0.2, -0.15) is 15.1 Å². The van der Waals surface area contributed by atoms with Gasteiger partial charge >= 0.3 is 13.7 Å². The smallest absolute Gasteiger partial charge is 0.459 e. The zero-order valence-electron chi connectivity index (χ0n) is 22.1. The molecule has 0 aliphatic carbocycles. The van der Waals surface area contributed by atoms with E-state index in [1.807, 2.05) is 0 Å². The lowest BCUT2D eigenvalue weighted by atomic mass is 9.99. The molecule has 14 nitrogen and oxygen atoms in total. The number of anilines is 2. The minimum absolute atomic E-state index is 0.00861. The largest absolute Gasteiger partial charge is 0.465 e. The highest BCUT2D eigenvalue weighted by molar-refractivity contribution is 7.52. The molecule has 3 heterocycles. The van der Waals surface area contributed by atoms with Crippen molar-refractivity contribution < 1.29 is 41.8 Å². The van der Waals surface area contributed by atoms with Crippen LogP contribution in [0, 0.1) is 0 Å². The Morgan fingerprint density at radius 1 is 1.34 bits per heavy atom. The monoisotopic (exact) mass is 619 g/mol. The lowest BCUT2D eigenvalue weighted by Gasteiger charge is -2.29. The van der Waals surface area contributed by atoms with Gasteiger partial charge in [-0.25, -0.2) is 18.3 Å². The lowest BCUT2D eigenvalue weighted by Crippen LogP contribution is -2.48. The number of aromatic nitrogens is 4. The van der Waals surface area contributed by atoms with Gasteiger partial charge in [-0.1, -0.05) is 18.2 Å². The number of rotatable bonds is 12. The summed E-state index contributed by atoms with van der Waals surface area (Å²) in [6, 6.07) is 6.74. The molecule has 0 amide bonds. The molecule has 5 N–H and O–H groups in total. The van der Waals surface area contributed by atoms with E-state index >= 15 is 0 Å². The molecule has 0 unspecified atom stereocenters. The molecule has 6 atom stereocenters. The van der Waals surface area contributed by atoms with Gasteiger partial charge in [0.1, 0.15) is 24.0 Å². The summed E-state index contributed by atoms with van der Waals surface area (Å²) >= 11 is 6.37. The summed E-state index contributed by atoms with van der Waals surface area (Å²) in [5.41, 5.74) is 5.96. The van der Waals surface area contributed by atoms with Gasteiger partial charge < -0.3 is 30.2 Å². The third kappa shape index (κ3) is 6.22. The highest BCUT2D eigenvalue weighted by Crippen LogP contribution is 2.51. The Bertz CT molecular complexity index is 1420. The standard InChI is InChI=1S/C23H29ClF2N7O7P/c1-4-37-19(35)12(2)32-41(36,40-13-8-6-5-7-9-13)38-10-14-16(34)23(24,20(25)26)21(39-14)33-11-29-15-17(28-3)30-22(27)31-18(15)33/h5-9,11-12,14,16,20-21,34H,4,10H2,1-3H3,(H,32,36)(H3,27,28,30,31)/t12-,14+,16+,21+,23-,41-/m0/s1. The van der Waals surface area contributed by atoms with E-state index in [-0.39, 0.29) is 35.3 Å². The average Bonchev–Trinajstić information content (AvgIpc) is 3.46. The van der Waals surface area contributed by atoms with Crippen LogP contribution in [0.2, 0.25) is 0 Å². The fourth-order valence-electron chi connectivity index (χ4n) is 4.14. The Hall–Kier alpha value is -3.14. The third-order valence-corrected chi connectivity index (χ3v) is 8.34. The number of alkyl halides is 3. The second-order valence-corrected chi connectivity index (χ2v) is 11.3. The number of aliphatic hydroxyl groups excluding tert-OH is 1. The van der Waals surface area contributed by atoms with Crippen LogP contribution < -0.4 is 20.7 Å². The van der Waals surface area contributed by atoms with E-state index in [4.69, 9.17) is 35.9 Å². The Morgan fingerprint density at radius 2 is 2.05 bits per heavy atom. The minimum atomic E-state index is -4.39. The normalized spacial score (nSPS) is 24.7. The second-order valence-electron chi connectivity index (χ2n) is 8.90. The van der Waals surface area contributed by atoms with E-state index in [1.54, 1.807) is 32.2 Å². The third-order valence-electron chi connectivity index (χ3n) is 6.12. The number of fused-ring (bicyclic) bond motifs is 1. The van der Waals surface area contributed by atoms with E-state index in [2.05, 4.69) is 25.4 Å². The molecule has 41 heavy (non-hydrogen) atoms. The number of nitrogens with two attached hydrogens (primary N) is 1. The molecular formula is C23H29ClF2N7O7P. The van der Waals surface area contributed by atoms with Crippen LogP contribution >= 0.6 is 19.3 Å². The SMILES string of the molecule is CCOC(=O)[C@H](C)N[P@](=O)(OC[C@H]1O[C@@H](n2cnc3c(NC)nc(N)nc32)[C@@](Cl)(C(F)F)[C@@H]1O)Oc1ccccc1. The van der Waals surface area contributed by atoms with Gasteiger partial charge in [0.15, 0.2) is 28.1 Å². The minimum Gasteiger partial charge on any atom is -0.465 e. The maximum Gasteiger partial charge on any atom is 0.459 e. The number of halogens is 3. The first-order valence-corrected chi connectivity index (χ1v) is 14.3. The number of nitrogens with one attached hydrogen (secondary N) is 2. The van der Waals surface area contributed by atoms with Crippen LogP contribution in [0.4, 0.5) is 20.5 Å². The molecule has 1 aliphatic rings. The first-order valence-electron chi connectivity index (χ1n) is 12.4. The molecule has 0 radical (unpaired) electrons. The number of para-hydroxylation sites is 1. The van der Waals surface area contributed by atoms with Crippen molar-refractivity contribution in [2.45, 2.75) is 49.6 Å². The van der Waals surface area contributed by atoms with Crippen LogP contribution in [0.15, 0.2) is 36.7 Å². The van der Waals surface area contributed by atoms with Crippen LogP contribution in [0.1, 0.15) is 20.1 Å². The number of esters is 1. The number of ether oxygens (including phenoxy) is 2. The summed E-state index contributed by atoms with van der Waals surface area (Å²) in [5, 5.41) is 16.2. The predicted octanol–water partition coefficient (Wildman–Crippen LogP) is 2.70. The molecule has 1 saturated heterocycles. The molecule has 3 aromatic rings. The van der Waals surface area contributed by atoms with E-state index in [9.17, 15) is 23.2 Å². The van der Waals surface area contributed by atoms with Crippen molar-refractivity contribution in [3.05, 3.63) is 36.7 Å². The van der Waals surface area contributed by atoms with Gasteiger partial charge in [0.25, 0.3) is 6.43 Å². The fraction of sp³-hybridized carbons (Fsp3) is 0.478. The van der Waals surface area contributed by atoms with Gasteiger partial charge in [-0.15, -0.1) is 11.6 Å². The van der Waals surface area contributed by atoms with Crippen LogP contribution in [0.5, 0.6) is 5.75 Å². The summed E-state index contributed by atoms with van der Waals surface area (Å²) in [6.07, 6.45) is -7.48. The van der Waals surface area contributed by atoms with Crippen molar-refractivity contribution in [2.24, 2.45) is 0 Å². The Kier molecular flexibility index (Phi) is 9.31. The number of hydrogen-bond donors (Lipinski definition) is 4. The van der Waals surface area contributed by atoms with E-state index in [1.165, 1.54) is 19.1 Å². The van der Waals surface area contributed by atoms with Crippen LogP contribution in [-0.4, -0.2) is 80.4 Å². The zero-order chi connectivity index (χ0) is 29.9. The van der Waals surface area contributed by atoms with E-state index in [0.717, 1.165) is 10.9 Å². The topological polar surface area (TPSA) is 185 Å². The van der Waals surface area contributed by atoms with Crippen molar-refractivity contribution in [2.75, 3.05) is 31.3 Å². The van der Waals surface area contributed by atoms with Crippen molar-refractivity contribution in [3.63, 3.8) is 0 Å². The summed E-state index contributed by atoms with van der Waals surface area (Å²) in [6.45, 7) is 2.30. The molecule has 1 aromatic carbocycles. The van der Waals surface area contributed by atoms with Crippen molar-refractivity contribution >= 4 is 48.2 Å². The lowest BCUT2D eigenvalue weighted by molar-refractivity contribution is -0.144. The number of aliphatic hydroxyl groups is 1. The number of imidazole rings is 1. The second kappa shape index (κ2) is 12.4. The molecule has 4 rings (SSSR count). The summed E-state index contributed by atoms with van der Waals surface area (Å²) in [4.78, 5) is 21.7. The molecule has 0 saturated carbocycles. The predicted molar refractivity (Wildman–Crippen MR) is 144 cm³/mol. The van der Waals surface area contributed by atoms with Crippen LogP contribution in [0.25, 0.3) is 11.2 Å². The fourth-order valence-corrected chi connectivity index (χ4v) is 5.94. The number of nitrogens with zero attached hydrogens (tertiary/aromatic N) is 4. The highest BCUT2D eigenvalue weighted by atomic mass is 35.5. The van der Waals surface area contributed by atoms with Gasteiger partial charge in [0.2, 0.25) is 5.95 Å². The summed E-state index contributed by atoms with van der Waals surface area (Å²) < 4.78 is 65.5. The highest BCUT2D eigenvalue weighted by Gasteiger charge is 2.62. The first kappa shape index (κ1) is 30.8. The summed E-state index contributed by atoms with van der Waals surface area (Å²) in [7, 11) is -2.84. The Labute approximate surface area is 238 Å². The maximum atomic E-state index is 14.5. The number of carbonyl (C=O) groups is 1. The molecule has 1 aliphatic heterocycles. The maximum absolute atomic E-state index is 14.5. The number of carbonyl (C=O) groups excluding carboxylic acids is 1. The quantitative estimate of drug-likeness (QED) is 0.132. The number of benzene rings is 1. The Morgan fingerprint density at radius 3 is 2.68 bits per heavy atom. The molecule has 18 heteroatoms. The Balaban J connectivity index is 1.62. The molecule has 2 aromatic heterocycles. The molecular weight excluding hydrogens is 591 g/mol. The molecule has 224 valence electrons. The van der Waals surface area contributed by atoms with E-state index in [0.29, 0.717) is 0 Å². The van der Waals surface area contributed by atoms with Crippen molar-refractivity contribution in [1.82, 2.24) is 24.6 Å².